The Labute approximate surface area is 195 Å². The molecule has 1 amide bonds. The lowest BCUT2D eigenvalue weighted by atomic mass is 9.91. The molecule has 6 rings (SSSR count). The van der Waals surface area contributed by atoms with Gasteiger partial charge in [0.15, 0.2) is 17.5 Å². The van der Waals surface area contributed by atoms with Crippen molar-refractivity contribution in [2.24, 2.45) is 0 Å². The Morgan fingerprint density at radius 3 is 2.79 bits per heavy atom. The summed E-state index contributed by atoms with van der Waals surface area (Å²) in [6.45, 7) is 2.61. The second-order valence-electron chi connectivity index (χ2n) is 8.81. The van der Waals surface area contributed by atoms with Gasteiger partial charge in [-0.3, -0.25) is 9.36 Å². The Morgan fingerprint density at radius 2 is 2.00 bits per heavy atom. The van der Waals surface area contributed by atoms with Gasteiger partial charge in [-0.1, -0.05) is 6.92 Å². The summed E-state index contributed by atoms with van der Waals surface area (Å²) in [7, 11) is 0. The first-order chi connectivity index (χ1) is 16.5. The smallest absolute Gasteiger partial charge is 0.251 e. The third-order valence-electron chi connectivity index (χ3n) is 6.27. The van der Waals surface area contributed by atoms with E-state index < -0.39 is 5.82 Å². The standard InChI is InChI=1S/C25H22FN7O/c1-14-9-29-25(34)18-6-5-17(8-19(14)18)31-24-20(26)11-28-23(32-24)16-4-7-22(27-10-16)33-12-21(30-13-33)15-2-3-15/h4-8,10-15H,2-3,9H2,1H3,(H,29,34)(H,28,31,32). The van der Waals surface area contributed by atoms with Crippen molar-refractivity contribution in [2.45, 2.75) is 31.6 Å². The van der Waals surface area contributed by atoms with E-state index in [1.165, 1.54) is 12.8 Å². The molecule has 1 fully saturated rings. The molecule has 4 aromatic rings. The topological polar surface area (TPSA) is 97.6 Å². The fourth-order valence-electron chi connectivity index (χ4n) is 4.16. The molecule has 2 aliphatic rings. The molecule has 4 heterocycles. The van der Waals surface area contributed by atoms with Crippen molar-refractivity contribution in [3.05, 3.63) is 77.9 Å². The summed E-state index contributed by atoms with van der Waals surface area (Å²) in [5, 5.41) is 5.90. The van der Waals surface area contributed by atoms with Gasteiger partial charge in [-0.15, -0.1) is 0 Å². The quantitative estimate of drug-likeness (QED) is 0.465. The number of aromatic nitrogens is 5. The molecule has 1 saturated carbocycles. The van der Waals surface area contributed by atoms with Crippen LogP contribution in [0.15, 0.2) is 55.2 Å². The lowest BCUT2D eigenvalue weighted by molar-refractivity contribution is 0.0941. The number of hydrogen-bond acceptors (Lipinski definition) is 6. The first kappa shape index (κ1) is 20.5. The zero-order chi connectivity index (χ0) is 23.2. The van der Waals surface area contributed by atoms with Crippen LogP contribution in [0, 0.1) is 5.82 Å². The van der Waals surface area contributed by atoms with Crippen molar-refractivity contribution in [1.29, 1.82) is 0 Å². The number of amides is 1. The van der Waals surface area contributed by atoms with Crippen molar-refractivity contribution in [3.63, 3.8) is 0 Å². The average Bonchev–Trinajstić information content (AvgIpc) is 3.59. The van der Waals surface area contributed by atoms with Crippen molar-refractivity contribution in [3.8, 4) is 17.2 Å². The van der Waals surface area contributed by atoms with Crippen LogP contribution in [-0.2, 0) is 0 Å². The number of benzene rings is 1. The van der Waals surface area contributed by atoms with Crippen LogP contribution in [0.25, 0.3) is 17.2 Å². The lowest BCUT2D eigenvalue weighted by Crippen LogP contribution is -2.33. The molecule has 9 heteroatoms. The molecule has 1 aliphatic carbocycles. The number of rotatable bonds is 5. The second-order valence-corrected chi connectivity index (χ2v) is 8.81. The zero-order valence-corrected chi connectivity index (χ0v) is 18.5. The minimum Gasteiger partial charge on any atom is -0.351 e. The summed E-state index contributed by atoms with van der Waals surface area (Å²) in [5.41, 5.74) is 3.99. The molecule has 0 spiro atoms. The molecule has 3 aromatic heterocycles. The van der Waals surface area contributed by atoms with Gasteiger partial charge in [-0.25, -0.2) is 24.3 Å². The summed E-state index contributed by atoms with van der Waals surface area (Å²) in [5.74, 6) is 1.25. The number of carbonyl (C=O) groups is 1. The maximum absolute atomic E-state index is 14.5. The van der Waals surface area contributed by atoms with E-state index >= 15 is 0 Å². The van der Waals surface area contributed by atoms with E-state index in [2.05, 4.69) is 30.6 Å². The molecule has 34 heavy (non-hydrogen) atoms. The number of carbonyl (C=O) groups excluding carboxylic acids is 1. The third-order valence-corrected chi connectivity index (χ3v) is 6.27. The average molecular weight is 455 g/mol. The largest absolute Gasteiger partial charge is 0.351 e. The van der Waals surface area contributed by atoms with Crippen molar-refractivity contribution in [1.82, 2.24) is 29.8 Å². The number of imidazole rings is 1. The first-order valence-corrected chi connectivity index (χ1v) is 11.3. The highest BCUT2D eigenvalue weighted by Gasteiger charge is 2.26. The van der Waals surface area contributed by atoms with Gasteiger partial charge in [0.25, 0.3) is 5.91 Å². The molecule has 1 aliphatic heterocycles. The molecule has 1 unspecified atom stereocenters. The van der Waals surface area contributed by atoms with Crippen molar-refractivity contribution >= 4 is 17.4 Å². The molecule has 1 aromatic carbocycles. The molecular formula is C25H22FN7O. The van der Waals surface area contributed by atoms with Gasteiger partial charge >= 0.3 is 0 Å². The van der Waals surface area contributed by atoms with E-state index in [9.17, 15) is 9.18 Å². The SMILES string of the molecule is CC1CNC(=O)c2ccc(Nc3nc(-c4ccc(-n5cnc(C6CC6)c5)nc4)ncc3F)cc21. The summed E-state index contributed by atoms with van der Waals surface area (Å²) < 4.78 is 16.4. The number of anilines is 2. The maximum atomic E-state index is 14.5. The Bertz CT molecular complexity index is 1390. The molecule has 0 radical (unpaired) electrons. The van der Waals surface area contributed by atoms with Crippen LogP contribution in [0.3, 0.4) is 0 Å². The van der Waals surface area contributed by atoms with Crippen LogP contribution < -0.4 is 10.6 Å². The van der Waals surface area contributed by atoms with Crippen molar-refractivity contribution < 1.29 is 9.18 Å². The molecule has 0 bridgehead atoms. The first-order valence-electron chi connectivity index (χ1n) is 11.3. The maximum Gasteiger partial charge on any atom is 0.251 e. The molecule has 1 atom stereocenters. The van der Waals surface area contributed by atoms with Crippen LogP contribution in [-0.4, -0.2) is 37.0 Å². The number of hydrogen-bond donors (Lipinski definition) is 2. The van der Waals surface area contributed by atoms with Crippen LogP contribution in [0.5, 0.6) is 0 Å². The number of pyridine rings is 1. The van der Waals surface area contributed by atoms with Gasteiger partial charge in [0.2, 0.25) is 0 Å². The minimum absolute atomic E-state index is 0.0608. The normalized spacial score (nSPS) is 17.2. The molecule has 2 N–H and O–H groups in total. The Kier molecular flexibility index (Phi) is 4.83. The Hall–Kier alpha value is -4.14. The third kappa shape index (κ3) is 3.79. The van der Waals surface area contributed by atoms with E-state index in [-0.39, 0.29) is 17.6 Å². The van der Waals surface area contributed by atoms with E-state index in [1.54, 1.807) is 24.7 Å². The van der Waals surface area contributed by atoms with E-state index in [1.807, 2.05) is 35.9 Å². The van der Waals surface area contributed by atoms with Crippen LogP contribution in [0.2, 0.25) is 0 Å². The highest BCUT2D eigenvalue weighted by atomic mass is 19.1. The van der Waals surface area contributed by atoms with Gasteiger partial charge in [-0.2, -0.15) is 0 Å². The molecule has 8 nitrogen and oxygen atoms in total. The minimum atomic E-state index is -0.567. The van der Waals surface area contributed by atoms with Gasteiger partial charge in [0, 0.05) is 41.7 Å². The van der Waals surface area contributed by atoms with Crippen LogP contribution in [0.4, 0.5) is 15.9 Å². The predicted molar refractivity (Wildman–Crippen MR) is 125 cm³/mol. The summed E-state index contributed by atoms with van der Waals surface area (Å²) >= 11 is 0. The second kappa shape index (κ2) is 8.02. The van der Waals surface area contributed by atoms with Gasteiger partial charge in [0.1, 0.15) is 12.1 Å². The highest BCUT2D eigenvalue weighted by Crippen LogP contribution is 2.39. The van der Waals surface area contributed by atoms with Gasteiger partial charge < -0.3 is 10.6 Å². The van der Waals surface area contributed by atoms with Crippen molar-refractivity contribution in [2.75, 3.05) is 11.9 Å². The Balaban J connectivity index is 1.25. The number of fused-ring (bicyclic) bond motifs is 1. The lowest BCUT2D eigenvalue weighted by Gasteiger charge is -2.23. The molecule has 170 valence electrons. The van der Waals surface area contributed by atoms with E-state index in [0.29, 0.717) is 35.1 Å². The fraction of sp³-hybridized carbons (Fsp3) is 0.240. The fourth-order valence-corrected chi connectivity index (χ4v) is 4.16. The summed E-state index contributed by atoms with van der Waals surface area (Å²) in [6.07, 6.45) is 8.99. The van der Waals surface area contributed by atoms with Crippen LogP contribution in [0.1, 0.15) is 53.2 Å². The zero-order valence-electron chi connectivity index (χ0n) is 18.5. The van der Waals surface area contributed by atoms with E-state index in [4.69, 9.17) is 0 Å². The summed E-state index contributed by atoms with van der Waals surface area (Å²) in [4.78, 5) is 29.6. The van der Waals surface area contributed by atoms with Gasteiger partial charge in [-0.05, 0) is 54.7 Å². The highest BCUT2D eigenvalue weighted by molar-refractivity contribution is 5.97. The predicted octanol–water partition coefficient (Wildman–Crippen LogP) is 4.33. The van der Waals surface area contributed by atoms with Crippen LogP contribution >= 0.6 is 0 Å². The summed E-state index contributed by atoms with van der Waals surface area (Å²) in [6, 6.07) is 9.08. The number of nitrogens with zero attached hydrogens (tertiary/aromatic N) is 5. The van der Waals surface area contributed by atoms with Gasteiger partial charge in [0.05, 0.1) is 11.9 Å². The molecule has 0 saturated heterocycles. The Morgan fingerprint density at radius 1 is 1.12 bits per heavy atom. The van der Waals surface area contributed by atoms with E-state index in [0.717, 1.165) is 23.3 Å². The number of nitrogens with one attached hydrogen (secondary N) is 2. The molecular weight excluding hydrogens is 433 g/mol. The monoisotopic (exact) mass is 455 g/mol. The number of halogens is 1.